The van der Waals surface area contributed by atoms with Crippen molar-refractivity contribution in [3.05, 3.63) is 12.2 Å². The summed E-state index contributed by atoms with van der Waals surface area (Å²) in [7, 11) is 0. The first-order valence-corrected chi connectivity index (χ1v) is 27.5. The Balaban J connectivity index is 3.82. The Bertz CT molecular complexity index is 2290. The molecule has 15 N–H and O–H groups in total. The van der Waals surface area contributed by atoms with Crippen molar-refractivity contribution < 1.29 is 97.7 Å². The minimum Gasteiger partial charge on any atom is -0.462 e. The molecule has 0 unspecified atom stereocenters. The van der Waals surface area contributed by atoms with Gasteiger partial charge in [0.1, 0.15) is 55.4 Å². The van der Waals surface area contributed by atoms with E-state index in [9.17, 15) is 93.0 Å². The highest BCUT2D eigenvalue weighted by Gasteiger charge is 2.34. The quantitative estimate of drug-likeness (QED) is 0.0150. The minimum atomic E-state index is -1.84. The molecule has 0 aromatic heterocycles. The number of amides is 13. The number of esters is 1. The largest absolute Gasteiger partial charge is 0.462 e. The van der Waals surface area contributed by atoms with Crippen LogP contribution in [0.2, 0.25) is 0 Å². The van der Waals surface area contributed by atoms with Crippen molar-refractivity contribution in [3.8, 4) is 0 Å². The monoisotopic (exact) mass is 1200 g/mol. The summed E-state index contributed by atoms with van der Waals surface area (Å²) in [5, 5.41) is 74.2. The topological polar surface area (TPSA) is 479 Å². The molecule has 33 heteroatoms. The zero-order chi connectivity index (χ0) is 63.5. The van der Waals surface area contributed by atoms with E-state index in [1.54, 1.807) is 12.2 Å². The average molecular weight is 1200 g/mol. The summed E-state index contributed by atoms with van der Waals surface area (Å²) in [6.45, 7) is 1.27. The molecule has 1 rings (SSSR count). The predicted octanol–water partition coefficient (Wildman–Crippen LogP) is -5.10. The maximum atomic E-state index is 14.0. The lowest BCUT2D eigenvalue weighted by molar-refractivity contribution is -0.163. The molecule has 1 fully saturated rings. The van der Waals surface area contributed by atoms with Crippen molar-refractivity contribution in [1.82, 2.24) is 68.4 Å². The Morgan fingerprint density at radius 3 is 1.44 bits per heavy atom. The Morgan fingerprint density at radius 2 is 0.952 bits per heavy atom. The number of rotatable bonds is 23. The van der Waals surface area contributed by atoms with Crippen molar-refractivity contribution in [1.29, 1.82) is 0 Å². The fourth-order valence-electron chi connectivity index (χ4n) is 7.61. The number of allylic oxidation sites excluding steroid dienone is 1. The molecule has 0 bridgehead atoms. The zero-order valence-corrected chi connectivity index (χ0v) is 48.3. The van der Waals surface area contributed by atoms with Crippen LogP contribution < -0.4 is 53.2 Å². The zero-order valence-electron chi connectivity index (χ0n) is 48.3. The van der Waals surface area contributed by atoms with Crippen molar-refractivity contribution in [2.24, 2.45) is 5.92 Å². The van der Waals surface area contributed by atoms with Gasteiger partial charge in [0.25, 0.3) is 0 Å². The van der Waals surface area contributed by atoms with E-state index in [0.717, 1.165) is 46.5 Å². The second kappa shape index (κ2) is 40.4. The van der Waals surface area contributed by atoms with E-state index in [2.05, 4.69) is 60.1 Å². The fraction of sp³-hybridized carbons (Fsp3) is 0.686. The fourth-order valence-corrected chi connectivity index (χ4v) is 7.61. The molecule has 0 saturated carbocycles. The van der Waals surface area contributed by atoms with Gasteiger partial charge in [-0.3, -0.25) is 82.7 Å². The Labute approximate surface area is 485 Å². The van der Waals surface area contributed by atoms with Crippen LogP contribution in [0.4, 0.5) is 0 Å². The van der Waals surface area contributed by atoms with Crippen LogP contribution in [0.1, 0.15) is 119 Å². The summed E-state index contributed by atoms with van der Waals surface area (Å²) >= 11 is 0. The van der Waals surface area contributed by atoms with Gasteiger partial charge in [-0.25, -0.2) is 15.2 Å². The number of cyclic esters (lactones) is 1. The number of hydrogen-bond acceptors (Lipinski definition) is 20. The molecule has 13 amide bonds. The van der Waals surface area contributed by atoms with Gasteiger partial charge in [-0.05, 0) is 57.3 Å². The van der Waals surface area contributed by atoms with E-state index < -0.39 is 170 Å². The maximum absolute atomic E-state index is 14.0. The lowest BCUT2D eigenvalue weighted by atomic mass is 10.0. The number of aliphatic hydroxyl groups excluding tert-OH is 2. The summed E-state index contributed by atoms with van der Waals surface area (Å²) < 4.78 is 5.28. The van der Waals surface area contributed by atoms with Crippen LogP contribution >= 0.6 is 0 Å². The van der Waals surface area contributed by atoms with E-state index in [4.69, 9.17) is 4.74 Å². The molecule has 0 radical (unpaired) electrons. The average Bonchev–Trinajstić information content (AvgIpc) is 3.57. The molecule has 7 atom stereocenters. The standard InChI is InChI=1S/C51H85N13O20/c1-7-8-9-10-11-12-13-20-40(70)56-39-29-84-43(73)26-54-45(74)34(17-14-21-62(81)31(4)67)55-41(71)24-53-47(76)37(27-65)59-48(77)36(19-16-23-64(83)33(6)69)58-49(78)38(28-66)60-51(80)44(30(2)3)61-42(72)25-52-46(75)35(57-50(39)79)18-15-22-63(82)32(5)68/h12-13,30,34-39,44,65-66,81-83H,7-11,14-29H2,1-6H3,(H,52,75)(H,53,76)(H,54,74)(H,55,71)(H,56,70)(H,57,79)(H,58,78)(H,59,77)(H,60,80)(H,61,72)/b13-12+/t34-,35-,36-,37-,38+,39-,44-/m0/s1. The van der Waals surface area contributed by atoms with Crippen molar-refractivity contribution in [2.75, 3.05) is 59.1 Å². The van der Waals surface area contributed by atoms with Gasteiger partial charge < -0.3 is 68.1 Å². The van der Waals surface area contributed by atoms with Crippen LogP contribution in [0.3, 0.4) is 0 Å². The van der Waals surface area contributed by atoms with Crippen LogP contribution in [0.5, 0.6) is 0 Å². The number of nitrogens with zero attached hydrogens (tertiary/aromatic N) is 3. The summed E-state index contributed by atoms with van der Waals surface area (Å²) in [5.41, 5.74) is 0. The van der Waals surface area contributed by atoms with Gasteiger partial charge in [-0.15, -0.1) is 0 Å². The van der Waals surface area contributed by atoms with Crippen LogP contribution in [0, 0.1) is 5.92 Å². The number of unbranched alkanes of at least 4 members (excludes halogenated alkanes) is 4. The second-order valence-corrected chi connectivity index (χ2v) is 19.9. The molecule has 1 saturated heterocycles. The summed E-state index contributed by atoms with van der Waals surface area (Å²) in [4.78, 5) is 184. The maximum Gasteiger partial charge on any atom is 0.325 e. The molecule has 1 aliphatic heterocycles. The number of aliphatic hydroxyl groups is 2. The normalized spacial score (nSPS) is 21.8. The molecular formula is C51H85N13O20. The molecule has 0 aliphatic carbocycles. The van der Waals surface area contributed by atoms with E-state index in [0.29, 0.717) is 21.6 Å². The summed E-state index contributed by atoms with van der Waals surface area (Å²) in [6, 6.07) is -11.7. The predicted molar refractivity (Wildman–Crippen MR) is 290 cm³/mol. The molecule has 1 heterocycles. The van der Waals surface area contributed by atoms with E-state index >= 15 is 0 Å². The number of ether oxygens (including phenoxy) is 1. The number of hydroxylamine groups is 6. The third-order valence-corrected chi connectivity index (χ3v) is 12.5. The molecule has 474 valence electrons. The number of carbonyl (C=O) groups is 14. The molecule has 0 aromatic rings. The van der Waals surface area contributed by atoms with Crippen LogP contribution in [0.25, 0.3) is 0 Å². The lowest BCUT2D eigenvalue weighted by Gasteiger charge is -2.27. The smallest absolute Gasteiger partial charge is 0.325 e. The van der Waals surface area contributed by atoms with Gasteiger partial charge in [0.2, 0.25) is 76.8 Å². The minimum absolute atomic E-state index is 0.137. The van der Waals surface area contributed by atoms with Gasteiger partial charge in [0.15, 0.2) is 0 Å². The highest BCUT2D eigenvalue weighted by molar-refractivity contribution is 5.98. The molecule has 84 heavy (non-hydrogen) atoms. The van der Waals surface area contributed by atoms with Gasteiger partial charge >= 0.3 is 5.97 Å². The Kier molecular flexibility index (Phi) is 35.6. The highest BCUT2D eigenvalue weighted by atomic mass is 16.5. The molecule has 1 aliphatic rings. The van der Waals surface area contributed by atoms with Gasteiger partial charge in [-0.1, -0.05) is 52.2 Å². The van der Waals surface area contributed by atoms with Crippen molar-refractivity contribution in [3.63, 3.8) is 0 Å². The first kappa shape index (κ1) is 74.1. The molecule has 0 aromatic carbocycles. The number of carbonyl (C=O) groups excluding carboxylic acids is 14. The van der Waals surface area contributed by atoms with E-state index in [-0.39, 0.29) is 64.6 Å². The SMILES string of the molecule is CCCCCC/C=C/CC(=O)N[C@H]1COC(=O)CNC(=O)[C@H](CCCN(O)C(C)=O)NC(=O)CNC(=O)[C@H](CO)NC(=O)[C@H](CCCN(O)C(C)=O)NC(=O)[C@@H](CO)NC(=O)[C@H](C(C)C)NC(=O)CNC(=O)[C@H](CCCN(O)C(C)=O)NC1=O. The van der Waals surface area contributed by atoms with Crippen molar-refractivity contribution in [2.45, 2.75) is 161 Å². The van der Waals surface area contributed by atoms with Crippen molar-refractivity contribution >= 4 is 82.8 Å². The first-order valence-electron chi connectivity index (χ1n) is 27.5. The third kappa shape index (κ3) is 29.9. The third-order valence-electron chi connectivity index (χ3n) is 12.5. The second-order valence-electron chi connectivity index (χ2n) is 19.9. The Morgan fingerprint density at radius 1 is 0.536 bits per heavy atom. The first-order chi connectivity index (χ1) is 39.6. The van der Waals surface area contributed by atoms with Crippen LogP contribution in [-0.2, 0) is 71.9 Å². The van der Waals surface area contributed by atoms with Gasteiger partial charge in [0.05, 0.1) is 26.3 Å². The molecular weight excluding hydrogens is 1110 g/mol. The summed E-state index contributed by atoms with van der Waals surface area (Å²) in [5.74, 6) is -14.8. The lowest BCUT2D eigenvalue weighted by Crippen LogP contribution is -2.60. The van der Waals surface area contributed by atoms with E-state index in [1.165, 1.54) is 13.8 Å². The summed E-state index contributed by atoms with van der Waals surface area (Å²) in [6.07, 6.45) is 6.09. The number of hydrogen-bond donors (Lipinski definition) is 15. The van der Waals surface area contributed by atoms with Crippen LogP contribution in [0.15, 0.2) is 12.2 Å². The number of nitrogens with one attached hydrogen (secondary N) is 10. The van der Waals surface area contributed by atoms with Gasteiger partial charge in [0, 0.05) is 46.8 Å². The Hall–Kier alpha value is -7.88. The highest BCUT2D eigenvalue weighted by Crippen LogP contribution is 2.08. The van der Waals surface area contributed by atoms with Gasteiger partial charge in [-0.2, -0.15) is 0 Å². The van der Waals surface area contributed by atoms with Crippen LogP contribution in [-0.4, -0.2) is 225 Å². The molecule has 33 nitrogen and oxygen atoms in total. The van der Waals surface area contributed by atoms with E-state index in [1.807, 2.05) is 0 Å². The molecule has 0 spiro atoms.